The second kappa shape index (κ2) is 4.04. The van der Waals surface area contributed by atoms with Gasteiger partial charge in [-0.25, -0.2) is 5.90 Å². The molecule has 3 nitrogen and oxygen atoms in total. The van der Waals surface area contributed by atoms with Crippen molar-refractivity contribution in [3.8, 4) is 0 Å². The summed E-state index contributed by atoms with van der Waals surface area (Å²) in [6.45, 7) is 6.54. The maximum absolute atomic E-state index is 5.14. The zero-order valence-electron chi connectivity index (χ0n) is 7.42. The van der Waals surface area contributed by atoms with Crippen LogP contribution in [0.15, 0.2) is 0 Å². The summed E-state index contributed by atoms with van der Waals surface area (Å²) in [5.74, 6) is 5.14. The van der Waals surface area contributed by atoms with Crippen LogP contribution in [0.25, 0.3) is 0 Å². The summed E-state index contributed by atoms with van der Waals surface area (Å²) in [5, 5.41) is 0. The van der Waals surface area contributed by atoms with E-state index in [2.05, 4.69) is 11.8 Å². The third-order valence-electron chi connectivity index (χ3n) is 2.58. The molecule has 11 heavy (non-hydrogen) atoms. The Balaban J connectivity index is 2.42. The minimum atomic E-state index is 0.178. The highest BCUT2D eigenvalue weighted by Crippen LogP contribution is 2.20. The molecule has 1 saturated heterocycles. The molecule has 0 aliphatic carbocycles. The molecule has 0 saturated carbocycles. The van der Waals surface area contributed by atoms with Gasteiger partial charge in [-0.05, 0) is 32.9 Å². The van der Waals surface area contributed by atoms with E-state index in [4.69, 9.17) is 10.7 Å². The van der Waals surface area contributed by atoms with E-state index in [1.165, 1.54) is 19.4 Å². The van der Waals surface area contributed by atoms with Gasteiger partial charge in [0.1, 0.15) is 0 Å². The predicted octanol–water partition coefficient (Wildman–Crippen LogP) is 0.749. The van der Waals surface area contributed by atoms with Gasteiger partial charge in [-0.3, -0.25) is 9.74 Å². The summed E-state index contributed by atoms with van der Waals surface area (Å²) in [6.07, 6.45) is 2.69. The number of hydrogen-bond acceptors (Lipinski definition) is 3. The number of nitrogens with zero attached hydrogens (tertiary/aromatic N) is 1. The fourth-order valence-electron chi connectivity index (χ4n) is 1.87. The van der Waals surface area contributed by atoms with Crippen LogP contribution in [0, 0.1) is 0 Å². The fraction of sp³-hybridized carbons (Fsp3) is 1.00. The lowest BCUT2D eigenvalue weighted by molar-refractivity contribution is 0.0103. The topological polar surface area (TPSA) is 38.5 Å². The van der Waals surface area contributed by atoms with E-state index < -0.39 is 0 Å². The minimum absolute atomic E-state index is 0.178. The largest absolute Gasteiger partial charge is 0.300 e. The molecule has 2 atom stereocenters. The Morgan fingerprint density at radius 3 is 3.00 bits per heavy atom. The molecular formula is C8H18N2O. The summed E-state index contributed by atoms with van der Waals surface area (Å²) in [7, 11) is 0. The normalized spacial score (nSPS) is 29.2. The van der Waals surface area contributed by atoms with Crippen molar-refractivity contribution < 1.29 is 4.84 Å². The van der Waals surface area contributed by atoms with Crippen LogP contribution in [0.1, 0.15) is 26.7 Å². The third-order valence-corrected chi connectivity index (χ3v) is 2.58. The Hall–Kier alpha value is -0.120. The van der Waals surface area contributed by atoms with Crippen molar-refractivity contribution in [1.82, 2.24) is 4.90 Å². The first-order valence-electron chi connectivity index (χ1n) is 4.39. The molecule has 1 aliphatic rings. The summed E-state index contributed by atoms with van der Waals surface area (Å²) >= 11 is 0. The van der Waals surface area contributed by atoms with Crippen LogP contribution in [0.4, 0.5) is 0 Å². The standard InChI is InChI=1S/C8H18N2O/c1-3-10-6-4-5-8(10)7(2)11-9/h7-8H,3-6,9H2,1-2H3. The van der Waals surface area contributed by atoms with Gasteiger partial charge >= 0.3 is 0 Å². The van der Waals surface area contributed by atoms with Gasteiger partial charge in [0.2, 0.25) is 0 Å². The van der Waals surface area contributed by atoms with Gasteiger partial charge in [0, 0.05) is 6.04 Å². The van der Waals surface area contributed by atoms with Gasteiger partial charge < -0.3 is 0 Å². The van der Waals surface area contributed by atoms with Crippen molar-refractivity contribution in [3.63, 3.8) is 0 Å². The van der Waals surface area contributed by atoms with Gasteiger partial charge in [-0.15, -0.1) is 0 Å². The molecule has 0 aromatic heterocycles. The highest BCUT2D eigenvalue weighted by atomic mass is 16.6. The van der Waals surface area contributed by atoms with E-state index in [1.807, 2.05) is 6.92 Å². The van der Waals surface area contributed by atoms with Crippen LogP contribution in [-0.4, -0.2) is 30.1 Å². The first-order valence-corrected chi connectivity index (χ1v) is 4.39. The highest BCUT2D eigenvalue weighted by Gasteiger charge is 2.27. The van der Waals surface area contributed by atoms with E-state index in [9.17, 15) is 0 Å². The maximum Gasteiger partial charge on any atom is 0.0914 e. The first kappa shape index (κ1) is 8.97. The molecule has 0 aromatic carbocycles. The lowest BCUT2D eigenvalue weighted by atomic mass is 10.1. The Bertz CT molecular complexity index is 119. The fourth-order valence-corrected chi connectivity index (χ4v) is 1.87. The molecule has 0 bridgehead atoms. The quantitative estimate of drug-likeness (QED) is 0.616. The van der Waals surface area contributed by atoms with Gasteiger partial charge in [-0.1, -0.05) is 6.92 Å². The molecule has 66 valence electrons. The number of rotatable bonds is 3. The molecule has 0 amide bonds. The molecule has 1 aliphatic heterocycles. The van der Waals surface area contributed by atoms with Gasteiger partial charge in [0.15, 0.2) is 0 Å². The molecule has 0 spiro atoms. The molecule has 1 fully saturated rings. The number of nitrogens with two attached hydrogens (primary N) is 1. The smallest absolute Gasteiger partial charge is 0.0914 e. The lowest BCUT2D eigenvalue weighted by Crippen LogP contribution is -2.39. The Morgan fingerprint density at radius 2 is 2.45 bits per heavy atom. The van der Waals surface area contributed by atoms with Crippen LogP contribution >= 0.6 is 0 Å². The summed E-state index contributed by atoms with van der Waals surface area (Å²) < 4.78 is 0. The van der Waals surface area contributed by atoms with Crippen molar-refractivity contribution in [2.24, 2.45) is 5.90 Å². The van der Waals surface area contributed by atoms with Crippen molar-refractivity contribution >= 4 is 0 Å². The van der Waals surface area contributed by atoms with Crippen LogP contribution in [0.2, 0.25) is 0 Å². The first-order chi connectivity index (χ1) is 5.29. The van der Waals surface area contributed by atoms with E-state index in [0.29, 0.717) is 6.04 Å². The van der Waals surface area contributed by atoms with Crippen LogP contribution in [0.5, 0.6) is 0 Å². The lowest BCUT2D eigenvalue weighted by Gasteiger charge is -2.26. The molecule has 0 aromatic rings. The van der Waals surface area contributed by atoms with Gasteiger partial charge in [-0.2, -0.15) is 0 Å². The van der Waals surface area contributed by atoms with E-state index in [0.717, 1.165) is 6.54 Å². The van der Waals surface area contributed by atoms with Crippen LogP contribution in [-0.2, 0) is 4.84 Å². The molecule has 2 unspecified atom stereocenters. The molecule has 1 heterocycles. The monoisotopic (exact) mass is 158 g/mol. The Kier molecular flexibility index (Phi) is 3.30. The van der Waals surface area contributed by atoms with E-state index >= 15 is 0 Å². The molecule has 0 radical (unpaired) electrons. The maximum atomic E-state index is 5.14. The average molecular weight is 158 g/mol. The number of hydrogen-bond donors (Lipinski definition) is 1. The Morgan fingerprint density at radius 1 is 1.73 bits per heavy atom. The van der Waals surface area contributed by atoms with Crippen LogP contribution < -0.4 is 5.90 Å². The molecule has 3 heteroatoms. The van der Waals surface area contributed by atoms with Crippen molar-refractivity contribution in [3.05, 3.63) is 0 Å². The number of likely N-dealkylation sites (N-methyl/N-ethyl adjacent to an activating group) is 1. The average Bonchev–Trinajstić information content (AvgIpc) is 2.50. The van der Waals surface area contributed by atoms with E-state index in [1.54, 1.807) is 0 Å². The zero-order chi connectivity index (χ0) is 8.27. The second-order valence-electron chi connectivity index (χ2n) is 3.18. The SMILES string of the molecule is CCN1CCCC1C(C)ON. The van der Waals surface area contributed by atoms with Crippen molar-refractivity contribution in [2.45, 2.75) is 38.8 Å². The zero-order valence-corrected chi connectivity index (χ0v) is 7.42. The third kappa shape index (κ3) is 1.92. The predicted molar refractivity (Wildman–Crippen MR) is 45.0 cm³/mol. The highest BCUT2D eigenvalue weighted by molar-refractivity contribution is 4.82. The van der Waals surface area contributed by atoms with Gasteiger partial charge in [0.25, 0.3) is 0 Å². The summed E-state index contributed by atoms with van der Waals surface area (Å²) in [6, 6.07) is 0.546. The molecule has 1 rings (SSSR count). The van der Waals surface area contributed by atoms with Gasteiger partial charge in [0.05, 0.1) is 6.10 Å². The van der Waals surface area contributed by atoms with Crippen LogP contribution in [0.3, 0.4) is 0 Å². The molecule has 2 N–H and O–H groups in total. The summed E-state index contributed by atoms with van der Waals surface area (Å²) in [4.78, 5) is 7.25. The Labute approximate surface area is 68.5 Å². The number of likely N-dealkylation sites (tertiary alicyclic amines) is 1. The van der Waals surface area contributed by atoms with Crippen molar-refractivity contribution in [1.29, 1.82) is 0 Å². The van der Waals surface area contributed by atoms with E-state index in [-0.39, 0.29) is 6.10 Å². The minimum Gasteiger partial charge on any atom is -0.300 e. The molecular weight excluding hydrogens is 140 g/mol. The summed E-state index contributed by atoms with van der Waals surface area (Å²) in [5.41, 5.74) is 0. The van der Waals surface area contributed by atoms with Crippen molar-refractivity contribution in [2.75, 3.05) is 13.1 Å². The second-order valence-corrected chi connectivity index (χ2v) is 3.18.